The molecule has 21 heavy (non-hydrogen) atoms. The Morgan fingerprint density at radius 1 is 0.952 bits per heavy atom. The lowest BCUT2D eigenvalue weighted by atomic mass is 10.2. The van der Waals surface area contributed by atoms with Gasteiger partial charge in [0.15, 0.2) is 0 Å². The molecule has 0 radical (unpaired) electrons. The highest BCUT2D eigenvalue weighted by Gasteiger charge is 2.10. The number of amides is 2. The fourth-order valence-electron chi connectivity index (χ4n) is 1.75. The molecule has 0 aliphatic rings. The second-order valence-electron chi connectivity index (χ2n) is 4.60. The summed E-state index contributed by atoms with van der Waals surface area (Å²) < 4.78 is 13.3. The SMILES string of the molecule is Cc1ccc(NC(=O)CC(=O)Nc2ccccc2)cc1F. The van der Waals surface area contributed by atoms with Gasteiger partial charge in [-0.15, -0.1) is 0 Å². The van der Waals surface area contributed by atoms with Crippen LogP contribution in [0, 0.1) is 12.7 Å². The lowest BCUT2D eigenvalue weighted by molar-refractivity contribution is -0.123. The molecular formula is C16H15FN2O2. The van der Waals surface area contributed by atoms with E-state index in [2.05, 4.69) is 10.6 Å². The van der Waals surface area contributed by atoms with Gasteiger partial charge in [0.25, 0.3) is 0 Å². The molecule has 0 aliphatic carbocycles. The van der Waals surface area contributed by atoms with E-state index in [4.69, 9.17) is 0 Å². The van der Waals surface area contributed by atoms with Gasteiger partial charge in [-0.2, -0.15) is 0 Å². The zero-order valence-electron chi connectivity index (χ0n) is 11.5. The largest absolute Gasteiger partial charge is 0.326 e. The molecule has 0 unspecified atom stereocenters. The maximum absolute atomic E-state index is 13.3. The molecule has 0 saturated heterocycles. The van der Waals surface area contributed by atoms with Crippen molar-refractivity contribution < 1.29 is 14.0 Å². The number of hydrogen-bond donors (Lipinski definition) is 2. The lowest BCUT2D eigenvalue weighted by Gasteiger charge is -2.07. The highest BCUT2D eigenvalue weighted by molar-refractivity contribution is 6.08. The maximum atomic E-state index is 13.3. The molecule has 0 atom stereocenters. The van der Waals surface area contributed by atoms with Gasteiger partial charge in [0, 0.05) is 11.4 Å². The van der Waals surface area contributed by atoms with Gasteiger partial charge in [-0.05, 0) is 36.8 Å². The molecular weight excluding hydrogens is 271 g/mol. The van der Waals surface area contributed by atoms with Crippen LogP contribution in [-0.2, 0) is 9.59 Å². The van der Waals surface area contributed by atoms with Gasteiger partial charge < -0.3 is 10.6 Å². The van der Waals surface area contributed by atoms with Crippen LogP contribution < -0.4 is 10.6 Å². The first-order valence-electron chi connectivity index (χ1n) is 6.45. The van der Waals surface area contributed by atoms with Crippen molar-refractivity contribution in [2.45, 2.75) is 13.3 Å². The van der Waals surface area contributed by atoms with Crippen molar-refractivity contribution in [2.24, 2.45) is 0 Å². The summed E-state index contributed by atoms with van der Waals surface area (Å²) in [5, 5.41) is 5.09. The van der Waals surface area contributed by atoms with Crippen LogP contribution in [0.5, 0.6) is 0 Å². The summed E-state index contributed by atoms with van der Waals surface area (Å²) in [4.78, 5) is 23.4. The van der Waals surface area contributed by atoms with Crippen LogP contribution in [0.1, 0.15) is 12.0 Å². The van der Waals surface area contributed by atoms with Crippen molar-refractivity contribution in [1.82, 2.24) is 0 Å². The number of para-hydroxylation sites is 1. The number of benzene rings is 2. The monoisotopic (exact) mass is 286 g/mol. The molecule has 2 aromatic carbocycles. The second-order valence-corrected chi connectivity index (χ2v) is 4.60. The van der Waals surface area contributed by atoms with Crippen LogP contribution in [-0.4, -0.2) is 11.8 Å². The number of halogens is 1. The van der Waals surface area contributed by atoms with E-state index in [0.29, 0.717) is 16.9 Å². The predicted molar refractivity (Wildman–Crippen MR) is 79.5 cm³/mol. The fourth-order valence-corrected chi connectivity index (χ4v) is 1.75. The van der Waals surface area contributed by atoms with Crippen molar-refractivity contribution >= 4 is 23.2 Å². The summed E-state index contributed by atoms with van der Waals surface area (Å²) >= 11 is 0. The van der Waals surface area contributed by atoms with Gasteiger partial charge in [-0.25, -0.2) is 4.39 Å². The minimum absolute atomic E-state index is 0.329. The fraction of sp³-hybridized carbons (Fsp3) is 0.125. The standard InChI is InChI=1S/C16H15FN2O2/c1-11-7-8-13(9-14(11)17)19-16(21)10-15(20)18-12-5-3-2-4-6-12/h2-9H,10H2,1H3,(H,18,20)(H,19,21). The van der Waals surface area contributed by atoms with Crippen molar-refractivity contribution in [3.8, 4) is 0 Å². The summed E-state index contributed by atoms with van der Waals surface area (Å²) in [6, 6.07) is 13.2. The van der Waals surface area contributed by atoms with Crippen LogP contribution >= 0.6 is 0 Å². The van der Waals surface area contributed by atoms with Crippen LogP contribution in [0.4, 0.5) is 15.8 Å². The quantitative estimate of drug-likeness (QED) is 0.848. The van der Waals surface area contributed by atoms with Gasteiger partial charge in [0.2, 0.25) is 11.8 Å². The molecule has 2 rings (SSSR count). The molecule has 0 aliphatic heterocycles. The zero-order chi connectivity index (χ0) is 15.2. The molecule has 0 heterocycles. The zero-order valence-corrected chi connectivity index (χ0v) is 11.5. The Morgan fingerprint density at radius 2 is 1.57 bits per heavy atom. The molecule has 0 spiro atoms. The minimum atomic E-state index is -0.494. The molecule has 4 nitrogen and oxygen atoms in total. The minimum Gasteiger partial charge on any atom is -0.326 e. The Labute approximate surface area is 122 Å². The number of nitrogens with one attached hydrogen (secondary N) is 2. The average molecular weight is 286 g/mol. The van der Waals surface area contributed by atoms with Crippen LogP contribution in [0.2, 0.25) is 0 Å². The smallest absolute Gasteiger partial charge is 0.233 e. The first-order chi connectivity index (χ1) is 10.0. The summed E-state index contributed by atoms with van der Waals surface area (Å²) in [6.07, 6.45) is -0.329. The molecule has 0 saturated carbocycles. The number of rotatable bonds is 4. The predicted octanol–water partition coefficient (Wildman–Crippen LogP) is 3.10. The topological polar surface area (TPSA) is 58.2 Å². The van der Waals surface area contributed by atoms with E-state index >= 15 is 0 Å². The van der Waals surface area contributed by atoms with Crippen molar-refractivity contribution in [2.75, 3.05) is 10.6 Å². The molecule has 0 fully saturated rings. The molecule has 5 heteroatoms. The van der Waals surface area contributed by atoms with Crippen molar-refractivity contribution in [3.63, 3.8) is 0 Å². The molecule has 0 aromatic heterocycles. The van der Waals surface area contributed by atoms with E-state index in [1.54, 1.807) is 43.3 Å². The van der Waals surface area contributed by atoms with E-state index < -0.39 is 17.6 Å². The van der Waals surface area contributed by atoms with Crippen LogP contribution in [0.15, 0.2) is 48.5 Å². The lowest BCUT2D eigenvalue weighted by Crippen LogP contribution is -2.21. The van der Waals surface area contributed by atoms with Gasteiger partial charge in [-0.1, -0.05) is 24.3 Å². The van der Waals surface area contributed by atoms with E-state index in [1.807, 2.05) is 6.07 Å². The summed E-state index contributed by atoms with van der Waals surface area (Å²) in [5.41, 5.74) is 1.45. The highest BCUT2D eigenvalue weighted by Crippen LogP contribution is 2.14. The van der Waals surface area contributed by atoms with Crippen molar-refractivity contribution in [1.29, 1.82) is 0 Å². The summed E-state index contributed by atoms with van der Waals surface area (Å²) in [5.74, 6) is -1.32. The van der Waals surface area contributed by atoms with Crippen LogP contribution in [0.3, 0.4) is 0 Å². The molecule has 2 aromatic rings. The Bertz CT molecular complexity index is 657. The summed E-state index contributed by atoms with van der Waals surface area (Å²) in [7, 11) is 0. The molecule has 0 bridgehead atoms. The van der Waals surface area contributed by atoms with E-state index in [9.17, 15) is 14.0 Å². The molecule has 2 amide bonds. The first-order valence-corrected chi connectivity index (χ1v) is 6.45. The van der Waals surface area contributed by atoms with Gasteiger partial charge in [0.05, 0.1) is 0 Å². The second kappa shape index (κ2) is 6.65. The Kier molecular flexibility index (Phi) is 4.66. The normalized spacial score (nSPS) is 10.0. The molecule has 2 N–H and O–H groups in total. The van der Waals surface area contributed by atoms with E-state index in [-0.39, 0.29) is 6.42 Å². The maximum Gasteiger partial charge on any atom is 0.233 e. The third-order valence-electron chi connectivity index (χ3n) is 2.83. The Morgan fingerprint density at radius 3 is 2.19 bits per heavy atom. The molecule has 108 valence electrons. The van der Waals surface area contributed by atoms with E-state index in [1.165, 1.54) is 6.07 Å². The number of anilines is 2. The van der Waals surface area contributed by atoms with Gasteiger partial charge >= 0.3 is 0 Å². The Balaban J connectivity index is 1.89. The number of aryl methyl sites for hydroxylation is 1. The van der Waals surface area contributed by atoms with Crippen molar-refractivity contribution in [3.05, 3.63) is 59.9 Å². The average Bonchev–Trinajstić information content (AvgIpc) is 2.43. The number of carbonyl (C=O) groups excluding carboxylic acids is 2. The Hall–Kier alpha value is -2.69. The van der Waals surface area contributed by atoms with Crippen LogP contribution in [0.25, 0.3) is 0 Å². The summed E-state index contributed by atoms with van der Waals surface area (Å²) in [6.45, 7) is 1.63. The number of carbonyl (C=O) groups is 2. The first kappa shape index (κ1) is 14.7. The van der Waals surface area contributed by atoms with Gasteiger partial charge in [0.1, 0.15) is 12.2 Å². The number of hydrogen-bond acceptors (Lipinski definition) is 2. The highest BCUT2D eigenvalue weighted by atomic mass is 19.1. The van der Waals surface area contributed by atoms with E-state index in [0.717, 1.165) is 0 Å². The third kappa shape index (κ3) is 4.42. The van der Waals surface area contributed by atoms with Gasteiger partial charge in [-0.3, -0.25) is 9.59 Å². The third-order valence-corrected chi connectivity index (χ3v) is 2.83.